The van der Waals surface area contributed by atoms with E-state index in [0.29, 0.717) is 13.2 Å². The van der Waals surface area contributed by atoms with Crippen molar-refractivity contribution in [2.45, 2.75) is 33.2 Å². The van der Waals surface area contributed by atoms with Crippen LogP contribution in [0.25, 0.3) is 0 Å². The second-order valence-corrected chi connectivity index (χ2v) is 5.20. The summed E-state index contributed by atoms with van der Waals surface area (Å²) in [4.78, 5) is 12.9. The van der Waals surface area contributed by atoms with Crippen molar-refractivity contribution in [2.24, 2.45) is 0 Å². The van der Waals surface area contributed by atoms with Crippen LogP contribution in [0.15, 0.2) is 18.2 Å². The molecule has 0 spiro atoms. The van der Waals surface area contributed by atoms with Crippen LogP contribution in [0.5, 0.6) is 0 Å². The molecule has 21 heavy (non-hydrogen) atoms. The molecule has 0 aliphatic heterocycles. The lowest BCUT2D eigenvalue weighted by molar-refractivity contribution is -0.384. The summed E-state index contributed by atoms with van der Waals surface area (Å²) in [6, 6.07) is 5.39. The molecular weight excluding hydrogens is 270 g/mol. The number of nitro groups is 1. The molecule has 1 N–H and O–H groups in total. The number of hydrogen-bond donors (Lipinski definition) is 1. The van der Waals surface area contributed by atoms with E-state index in [9.17, 15) is 10.1 Å². The third-order valence-corrected chi connectivity index (χ3v) is 3.18. The van der Waals surface area contributed by atoms with Crippen LogP contribution in [0.2, 0.25) is 0 Å². The van der Waals surface area contributed by atoms with Crippen molar-refractivity contribution in [1.82, 2.24) is 0 Å². The molecule has 0 radical (unpaired) electrons. The number of ether oxygens (including phenoxy) is 1. The van der Waals surface area contributed by atoms with E-state index >= 15 is 0 Å². The van der Waals surface area contributed by atoms with E-state index in [1.165, 1.54) is 0 Å². The van der Waals surface area contributed by atoms with Gasteiger partial charge in [-0.3, -0.25) is 10.1 Å². The number of nitrogens with one attached hydrogen (secondary N) is 1. The standard InChI is InChI=1S/C15H25N3O3/c1-5-6-16-13-9-14(11-15(10-13)18(19)20)17(12(2)3)7-8-21-4/h9-12,16H,5-8H2,1-4H3. The average molecular weight is 295 g/mol. The number of benzene rings is 1. The monoisotopic (exact) mass is 295 g/mol. The number of non-ortho nitro benzene ring substituents is 1. The minimum absolute atomic E-state index is 0.106. The van der Waals surface area contributed by atoms with Crippen LogP contribution >= 0.6 is 0 Å². The van der Waals surface area contributed by atoms with Crippen molar-refractivity contribution in [1.29, 1.82) is 0 Å². The zero-order valence-electron chi connectivity index (χ0n) is 13.3. The largest absolute Gasteiger partial charge is 0.385 e. The molecule has 1 rings (SSSR count). The van der Waals surface area contributed by atoms with Crippen molar-refractivity contribution >= 4 is 17.1 Å². The van der Waals surface area contributed by atoms with Crippen molar-refractivity contribution in [3.05, 3.63) is 28.3 Å². The highest BCUT2D eigenvalue weighted by Gasteiger charge is 2.16. The van der Waals surface area contributed by atoms with E-state index in [1.54, 1.807) is 19.2 Å². The van der Waals surface area contributed by atoms with E-state index in [0.717, 1.165) is 24.3 Å². The molecule has 1 aromatic rings. The highest BCUT2D eigenvalue weighted by Crippen LogP contribution is 2.28. The fourth-order valence-electron chi connectivity index (χ4n) is 2.11. The highest BCUT2D eigenvalue weighted by molar-refractivity contribution is 5.64. The summed E-state index contributed by atoms with van der Waals surface area (Å²) >= 11 is 0. The molecule has 0 fully saturated rings. The van der Waals surface area contributed by atoms with Crippen LogP contribution in [-0.4, -0.2) is 37.8 Å². The quantitative estimate of drug-likeness (QED) is 0.559. The first-order chi connectivity index (χ1) is 9.99. The molecule has 0 heterocycles. The number of rotatable bonds is 9. The summed E-state index contributed by atoms with van der Waals surface area (Å²) in [6.45, 7) is 8.26. The number of anilines is 2. The molecule has 1 aromatic carbocycles. The molecule has 0 aromatic heterocycles. The molecule has 0 bridgehead atoms. The van der Waals surface area contributed by atoms with Crippen LogP contribution in [0.3, 0.4) is 0 Å². The first-order valence-electron chi connectivity index (χ1n) is 7.28. The maximum Gasteiger partial charge on any atom is 0.273 e. The lowest BCUT2D eigenvalue weighted by Crippen LogP contribution is -2.33. The van der Waals surface area contributed by atoms with Gasteiger partial charge in [-0.1, -0.05) is 6.92 Å². The van der Waals surface area contributed by atoms with Gasteiger partial charge in [0.2, 0.25) is 0 Å². The van der Waals surface area contributed by atoms with Crippen LogP contribution in [0.1, 0.15) is 27.2 Å². The number of methoxy groups -OCH3 is 1. The highest BCUT2D eigenvalue weighted by atomic mass is 16.6. The topological polar surface area (TPSA) is 67.6 Å². The third kappa shape index (κ3) is 5.23. The van der Waals surface area contributed by atoms with Gasteiger partial charge in [0.05, 0.1) is 11.5 Å². The van der Waals surface area contributed by atoms with Gasteiger partial charge in [0, 0.05) is 49.7 Å². The predicted octanol–water partition coefficient (Wildman–Crippen LogP) is 3.28. The van der Waals surface area contributed by atoms with Crippen molar-refractivity contribution in [3.63, 3.8) is 0 Å². The summed E-state index contributed by atoms with van der Waals surface area (Å²) < 4.78 is 5.13. The Morgan fingerprint density at radius 3 is 2.62 bits per heavy atom. The maximum atomic E-state index is 11.1. The second-order valence-electron chi connectivity index (χ2n) is 5.20. The Hall–Kier alpha value is -1.82. The lowest BCUT2D eigenvalue weighted by Gasteiger charge is -2.29. The van der Waals surface area contributed by atoms with Gasteiger partial charge in [0.1, 0.15) is 0 Å². The summed E-state index contributed by atoms with van der Waals surface area (Å²) in [5.74, 6) is 0. The zero-order chi connectivity index (χ0) is 15.8. The van der Waals surface area contributed by atoms with Crippen molar-refractivity contribution < 1.29 is 9.66 Å². The van der Waals surface area contributed by atoms with Crippen LogP contribution in [0, 0.1) is 10.1 Å². The van der Waals surface area contributed by atoms with Gasteiger partial charge in [-0.25, -0.2) is 0 Å². The first-order valence-corrected chi connectivity index (χ1v) is 7.28. The van der Waals surface area contributed by atoms with Gasteiger partial charge in [-0.05, 0) is 26.3 Å². The molecule has 0 unspecified atom stereocenters. The second kappa shape index (κ2) is 8.46. The predicted molar refractivity (Wildman–Crippen MR) is 86.2 cm³/mol. The average Bonchev–Trinajstić information content (AvgIpc) is 2.45. The molecule has 0 atom stereocenters. The molecule has 0 amide bonds. The number of nitrogens with zero attached hydrogens (tertiary/aromatic N) is 2. The third-order valence-electron chi connectivity index (χ3n) is 3.18. The molecule has 0 saturated carbocycles. The Balaban J connectivity index is 3.11. The Morgan fingerprint density at radius 2 is 2.10 bits per heavy atom. The van der Waals surface area contributed by atoms with Crippen molar-refractivity contribution in [3.8, 4) is 0 Å². The van der Waals surface area contributed by atoms with Gasteiger partial charge >= 0.3 is 0 Å². The molecule has 0 saturated heterocycles. The van der Waals surface area contributed by atoms with Gasteiger partial charge in [0.15, 0.2) is 0 Å². The zero-order valence-corrected chi connectivity index (χ0v) is 13.3. The summed E-state index contributed by atoms with van der Waals surface area (Å²) in [7, 11) is 1.65. The van der Waals surface area contributed by atoms with Gasteiger partial charge in [-0.2, -0.15) is 0 Å². The summed E-state index contributed by atoms with van der Waals surface area (Å²) in [5.41, 5.74) is 1.73. The van der Waals surface area contributed by atoms with Crippen LogP contribution in [-0.2, 0) is 4.74 Å². The normalized spacial score (nSPS) is 10.7. The Kier molecular flexibility index (Phi) is 6.94. The Morgan fingerprint density at radius 1 is 1.38 bits per heavy atom. The van der Waals surface area contributed by atoms with Gasteiger partial charge in [-0.15, -0.1) is 0 Å². The van der Waals surface area contributed by atoms with Crippen LogP contribution in [0.4, 0.5) is 17.1 Å². The minimum atomic E-state index is -0.352. The number of nitro benzene ring substituents is 1. The Labute approximate surface area is 126 Å². The SMILES string of the molecule is CCCNc1cc(N(CCOC)C(C)C)cc([N+](=O)[O-])c1. The lowest BCUT2D eigenvalue weighted by atomic mass is 10.2. The fourth-order valence-corrected chi connectivity index (χ4v) is 2.11. The molecule has 6 nitrogen and oxygen atoms in total. The van der Waals surface area contributed by atoms with Crippen LogP contribution < -0.4 is 10.2 Å². The van der Waals surface area contributed by atoms with E-state index in [2.05, 4.69) is 31.0 Å². The molecular formula is C15H25N3O3. The summed E-state index contributed by atoms with van der Waals surface area (Å²) in [6.07, 6.45) is 0.968. The number of hydrogen-bond acceptors (Lipinski definition) is 5. The first kappa shape index (κ1) is 17.2. The van der Waals surface area contributed by atoms with E-state index in [1.807, 2.05) is 6.07 Å². The van der Waals surface area contributed by atoms with Gasteiger partial charge < -0.3 is 15.0 Å². The Bertz CT molecular complexity index is 463. The molecule has 0 aliphatic rings. The molecule has 6 heteroatoms. The molecule has 0 aliphatic carbocycles. The fraction of sp³-hybridized carbons (Fsp3) is 0.600. The van der Waals surface area contributed by atoms with E-state index < -0.39 is 0 Å². The smallest absolute Gasteiger partial charge is 0.273 e. The minimum Gasteiger partial charge on any atom is -0.385 e. The molecule has 118 valence electrons. The van der Waals surface area contributed by atoms with Crippen molar-refractivity contribution in [2.75, 3.05) is 37.0 Å². The van der Waals surface area contributed by atoms with Gasteiger partial charge in [0.25, 0.3) is 5.69 Å². The van der Waals surface area contributed by atoms with E-state index in [-0.39, 0.29) is 16.7 Å². The summed E-state index contributed by atoms with van der Waals surface area (Å²) in [5, 5.41) is 14.3. The maximum absolute atomic E-state index is 11.1. The van der Waals surface area contributed by atoms with E-state index in [4.69, 9.17) is 4.74 Å².